The van der Waals surface area contributed by atoms with E-state index in [1.54, 1.807) is 20.0 Å². The summed E-state index contributed by atoms with van der Waals surface area (Å²) in [5.41, 5.74) is -0.0204. The van der Waals surface area contributed by atoms with E-state index in [-0.39, 0.29) is 5.82 Å². The van der Waals surface area contributed by atoms with Gasteiger partial charge in [-0.15, -0.1) is 0 Å². The Labute approximate surface area is 83.8 Å². The van der Waals surface area contributed by atoms with Crippen molar-refractivity contribution in [2.75, 3.05) is 13.6 Å². The van der Waals surface area contributed by atoms with E-state index in [2.05, 4.69) is 5.32 Å². The summed E-state index contributed by atoms with van der Waals surface area (Å²) in [5, 5.41) is 12.8. The highest BCUT2D eigenvalue weighted by Crippen LogP contribution is 2.13. The van der Waals surface area contributed by atoms with Crippen LogP contribution in [0.2, 0.25) is 0 Å². The maximum Gasteiger partial charge on any atom is 0.123 e. The molecule has 0 saturated heterocycles. The zero-order valence-electron chi connectivity index (χ0n) is 8.55. The first kappa shape index (κ1) is 11.1. The first-order valence-electron chi connectivity index (χ1n) is 4.65. The molecule has 0 heterocycles. The van der Waals surface area contributed by atoms with Gasteiger partial charge in [-0.05, 0) is 31.7 Å². The number of aliphatic hydroxyl groups is 1. The average Bonchev–Trinajstić information content (AvgIpc) is 2.02. The molecule has 78 valence electrons. The predicted molar refractivity (Wildman–Crippen MR) is 54.7 cm³/mol. The lowest BCUT2D eigenvalue weighted by Gasteiger charge is -2.22. The van der Waals surface area contributed by atoms with Gasteiger partial charge in [0.05, 0.1) is 5.60 Å². The largest absolute Gasteiger partial charge is 0.389 e. The van der Waals surface area contributed by atoms with Crippen LogP contribution in [0.5, 0.6) is 0 Å². The molecule has 3 heteroatoms. The van der Waals surface area contributed by atoms with Gasteiger partial charge >= 0.3 is 0 Å². The molecule has 0 fully saturated rings. The van der Waals surface area contributed by atoms with Crippen LogP contribution in [0.15, 0.2) is 24.3 Å². The third-order valence-corrected chi connectivity index (χ3v) is 2.03. The SMILES string of the molecule is CNCC(C)(O)Cc1cccc(F)c1. The zero-order chi connectivity index (χ0) is 10.6. The van der Waals surface area contributed by atoms with Gasteiger partial charge in [0, 0.05) is 13.0 Å². The van der Waals surface area contributed by atoms with Crippen molar-refractivity contribution in [1.82, 2.24) is 5.32 Å². The van der Waals surface area contributed by atoms with Crippen LogP contribution in [0.3, 0.4) is 0 Å². The van der Waals surface area contributed by atoms with Crippen molar-refractivity contribution in [3.63, 3.8) is 0 Å². The fraction of sp³-hybridized carbons (Fsp3) is 0.455. The third kappa shape index (κ3) is 3.44. The molecule has 14 heavy (non-hydrogen) atoms. The lowest BCUT2D eigenvalue weighted by atomic mass is 9.96. The predicted octanol–water partition coefficient (Wildman–Crippen LogP) is 1.34. The molecule has 0 aliphatic carbocycles. The van der Waals surface area contributed by atoms with Crippen molar-refractivity contribution in [3.8, 4) is 0 Å². The second kappa shape index (κ2) is 4.53. The number of benzene rings is 1. The van der Waals surface area contributed by atoms with Crippen molar-refractivity contribution in [3.05, 3.63) is 35.6 Å². The molecule has 1 aromatic carbocycles. The third-order valence-electron chi connectivity index (χ3n) is 2.03. The van der Waals surface area contributed by atoms with E-state index in [0.29, 0.717) is 13.0 Å². The molecule has 2 N–H and O–H groups in total. The Hall–Kier alpha value is -0.930. The molecule has 0 bridgehead atoms. The van der Waals surface area contributed by atoms with E-state index in [4.69, 9.17) is 0 Å². The molecule has 0 spiro atoms. The van der Waals surface area contributed by atoms with E-state index >= 15 is 0 Å². The van der Waals surface area contributed by atoms with E-state index in [1.165, 1.54) is 12.1 Å². The maximum atomic E-state index is 12.8. The first-order valence-corrected chi connectivity index (χ1v) is 4.65. The fourth-order valence-corrected chi connectivity index (χ4v) is 1.53. The maximum absolute atomic E-state index is 12.8. The molecular weight excluding hydrogens is 181 g/mol. The van der Waals surface area contributed by atoms with Crippen molar-refractivity contribution in [2.24, 2.45) is 0 Å². The monoisotopic (exact) mass is 197 g/mol. The highest BCUT2D eigenvalue weighted by Gasteiger charge is 2.19. The minimum absolute atomic E-state index is 0.261. The number of halogens is 1. The minimum Gasteiger partial charge on any atom is -0.389 e. The molecule has 0 saturated carbocycles. The standard InChI is InChI=1S/C11H16FNO/c1-11(14,8-13-2)7-9-4-3-5-10(12)6-9/h3-6,13-14H,7-8H2,1-2H3. The lowest BCUT2D eigenvalue weighted by molar-refractivity contribution is 0.0622. The Kier molecular flexibility index (Phi) is 3.61. The topological polar surface area (TPSA) is 32.3 Å². The molecule has 1 atom stereocenters. The molecule has 0 aromatic heterocycles. The van der Waals surface area contributed by atoms with Gasteiger partial charge in [-0.1, -0.05) is 12.1 Å². The van der Waals surface area contributed by atoms with Crippen LogP contribution in [-0.2, 0) is 6.42 Å². The lowest BCUT2D eigenvalue weighted by Crippen LogP contribution is -2.38. The summed E-state index contributed by atoms with van der Waals surface area (Å²) in [6, 6.07) is 6.31. The average molecular weight is 197 g/mol. The van der Waals surface area contributed by atoms with E-state index in [9.17, 15) is 9.50 Å². The molecule has 0 radical (unpaired) electrons. The van der Waals surface area contributed by atoms with Gasteiger partial charge in [0.1, 0.15) is 5.82 Å². The molecule has 1 unspecified atom stereocenters. The van der Waals surface area contributed by atoms with Crippen LogP contribution < -0.4 is 5.32 Å². The van der Waals surface area contributed by atoms with Crippen molar-refractivity contribution < 1.29 is 9.50 Å². The second-order valence-electron chi connectivity index (χ2n) is 3.83. The van der Waals surface area contributed by atoms with Crippen LogP contribution in [0.25, 0.3) is 0 Å². The van der Waals surface area contributed by atoms with Crippen molar-refractivity contribution in [2.45, 2.75) is 18.9 Å². The molecule has 0 aliphatic heterocycles. The van der Waals surface area contributed by atoms with Crippen LogP contribution in [0, 0.1) is 5.82 Å². The minimum atomic E-state index is -0.831. The Bertz CT molecular complexity index is 299. The summed E-state index contributed by atoms with van der Waals surface area (Å²) in [6.45, 7) is 2.22. The van der Waals surface area contributed by atoms with Crippen LogP contribution in [0.1, 0.15) is 12.5 Å². The summed E-state index contributed by atoms with van der Waals surface area (Å²) in [4.78, 5) is 0. The summed E-state index contributed by atoms with van der Waals surface area (Å²) in [5.74, 6) is -0.261. The Balaban J connectivity index is 2.68. The van der Waals surface area contributed by atoms with Gasteiger partial charge in [-0.25, -0.2) is 4.39 Å². The van der Waals surface area contributed by atoms with Crippen LogP contribution >= 0.6 is 0 Å². The van der Waals surface area contributed by atoms with Crippen LogP contribution in [0.4, 0.5) is 4.39 Å². The van der Waals surface area contributed by atoms with E-state index in [1.807, 2.05) is 6.07 Å². The second-order valence-corrected chi connectivity index (χ2v) is 3.83. The Morgan fingerprint density at radius 1 is 1.50 bits per heavy atom. The van der Waals surface area contributed by atoms with E-state index < -0.39 is 5.60 Å². The Morgan fingerprint density at radius 3 is 2.79 bits per heavy atom. The van der Waals surface area contributed by atoms with E-state index in [0.717, 1.165) is 5.56 Å². The number of hydrogen-bond acceptors (Lipinski definition) is 2. The number of likely N-dealkylation sites (N-methyl/N-ethyl adjacent to an activating group) is 1. The smallest absolute Gasteiger partial charge is 0.123 e. The molecule has 0 aliphatic rings. The summed E-state index contributed by atoms with van der Waals surface area (Å²) in [7, 11) is 1.78. The summed E-state index contributed by atoms with van der Waals surface area (Å²) in [6.07, 6.45) is 0.450. The number of nitrogens with one attached hydrogen (secondary N) is 1. The van der Waals surface area contributed by atoms with Gasteiger partial charge in [-0.2, -0.15) is 0 Å². The van der Waals surface area contributed by atoms with Crippen molar-refractivity contribution in [1.29, 1.82) is 0 Å². The summed E-state index contributed by atoms with van der Waals surface area (Å²) < 4.78 is 12.8. The highest BCUT2D eigenvalue weighted by atomic mass is 19.1. The summed E-state index contributed by atoms with van der Waals surface area (Å²) >= 11 is 0. The molecular formula is C11H16FNO. The van der Waals surface area contributed by atoms with Gasteiger partial charge in [0.2, 0.25) is 0 Å². The van der Waals surface area contributed by atoms with Crippen LogP contribution in [-0.4, -0.2) is 24.3 Å². The zero-order valence-corrected chi connectivity index (χ0v) is 8.55. The quantitative estimate of drug-likeness (QED) is 0.763. The van der Waals surface area contributed by atoms with Gasteiger partial charge in [0.25, 0.3) is 0 Å². The van der Waals surface area contributed by atoms with Gasteiger partial charge in [0.15, 0.2) is 0 Å². The van der Waals surface area contributed by atoms with Gasteiger partial charge < -0.3 is 10.4 Å². The van der Waals surface area contributed by atoms with Crippen molar-refractivity contribution >= 4 is 0 Å². The highest BCUT2D eigenvalue weighted by molar-refractivity contribution is 5.18. The molecule has 1 aromatic rings. The molecule has 2 nitrogen and oxygen atoms in total. The normalized spacial score (nSPS) is 15.1. The molecule has 0 amide bonds. The molecule has 1 rings (SSSR count). The van der Waals surface area contributed by atoms with Gasteiger partial charge in [-0.3, -0.25) is 0 Å². The number of hydrogen-bond donors (Lipinski definition) is 2. The number of rotatable bonds is 4. The fourth-order valence-electron chi connectivity index (χ4n) is 1.53. The Morgan fingerprint density at radius 2 is 2.21 bits per heavy atom. The first-order chi connectivity index (χ1) is 6.53.